The van der Waals surface area contributed by atoms with Crippen LogP contribution in [0.3, 0.4) is 0 Å². The third-order valence-corrected chi connectivity index (χ3v) is 6.37. The molecule has 30 heavy (non-hydrogen) atoms. The molecule has 0 unspecified atom stereocenters. The molecule has 0 aliphatic heterocycles. The Morgan fingerprint density at radius 3 is 2.73 bits per heavy atom. The lowest BCUT2D eigenvalue weighted by Crippen LogP contribution is -2.37. The van der Waals surface area contributed by atoms with E-state index in [2.05, 4.69) is 20.6 Å². The Morgan fingerprint density at radius 1 is 1.13 bits per heavy atom. The van der Waals surface area contributed by atoms with Gasteiger partial charge in [-0.1, -0.05) is 31.0 Å². The molecule has 154 valence electrons. The number of halogens is 1. The summed E-state index contributed by atoms with van der Waals surface area (Å²) in [4.78, 5) is 12.3. The van der Waals surface area contributed by atoms with E-state index in [-0.39, 0.29) is 11.7 Å². The van der Waals surface area contributed by atoms with Crippen molar-refractivity contribution < 1.29 is 9.18 Å². The molecule has 1 N–H and O–H groups in total. The van der Waals surface area contributed by atoms with Crippen LogP contribution in [0, 0.1) is 5.82 Å². The van der Waals surface area contributed by atoms with Crippen molar-refractivity contribution in [2.75, 3.05) is 5.75 Å². The van der Waals surface area contributed by atoms with Gasteiger partial charge in [-0.3, -0.25) is 9.20 Å². The minimum atomic E-state index is -0.281. The number of hydrogen-bond donors (Lipinski definition) is 1. The fraction of sp³-hybridized carbons (Fsp3) is 0.333. The third-order valence-electron chi connectivity index (χ3n) is 5.43. The summed E-state index contributed by atoms with van der Waals surface area (Å²) >= 11 is 1.37. The van der Waals surface area contributed by atoms with Gasteiger partial charge in [0, 0.05) is 24.0 Å². The predicted octanol–water partition coefficient (Wildman–Crippen LogP) is 3.72. The summed E-state index contributed by atoms with van der Waals surface area (Å²) in [6.07, 6.45) is 9.44. The maximum atomic E-state index is 13.2. The van der Waals surface area contributed by atoms with Crippen LogP contribution >= 0.6 is 11.8 Å². The van der Waals surface area contributed by atoms with E-state index in [0.29, 0.717) is 22.6 Å². The van der Waals surface area contributed by atoms with Crippen molar-refractivity contribution in [3.63, 3.8) is 0 Å². The van der Waals surface area contributed by atoms with Gasteiger partial charge in [0.2, 0.25) is 5.91 Å². The van der Waals surface area contributed by atoms with E-state index in [0.717, 1.165) is 29.6 Å². The second-order valence-corrected chi connectivity index (χ2v) is 8.47. The zero-order chi connectivity index (χ0) is 20.5. The van der Waals surface area contributed by atoms with Gasteiger partial charge in [0.25, 0.3) is 0 Å². The van der Waals surface area contributed by atoms with Crippen LogP contribution < -0.4 is 5.32 Å². The van der Waals surface area contributed by atoms with Gasteiger partial charge in [-0.2, -0.15) is 5.10 Å². The Hall–Kier alpha value is -2.94. The molecule has 1 amide bonds. The van der Waals surface area contributed by atoms with E-state index in [9.17, 15) is 9.18 Å². The van der Waals surface area contributed by atoms with Crippen molar-refractivity contribution in [1.82, 2.24) is 29.5 Å². The molecule has 0 bridgehead atoms. The highest BCUT2D eigenvalue weighted by Crippen LogP contribution is 2.24. The second kappa shape index (κ2) is 8.06. The average Bonchev–Trinajstić information content (AvgIpc) is 3.37. The normalized spacial score (nSPS) is 15.1. The number of nitrogens with zero attached hydrogens (tertiary/aromatic N) is 5. The molecular formula is C21H21FN6OS. The van der Waals surface area contributed by atoms with Crippen molar-refractivity contribution in [1.29, 1.82) is 0 Å². The van der Waals surface area contributed by atoms with E-state index in [1.807, 2.05) is 22.9 Å². The molecule has 9 heteroatoms. The zero-order valence-electron chi connectivity index (χ0n) is 16.3. The van der Waals surface area contributed by atoms with E-state index in [4.69, 9.17) is 0 Å². The molecule has 0 saturated heterocycles. The lowest BCUT2D eigenvalue weighted by Gasteiger charge is -2.22. The maximum absolute atomic E-state index is 13.2. The monoisotopic (exact) mass is 424 g/mol. The number of thioether (sulfide) groups is 1. The Kier molecular flexibility index (Phi) is 5.12. The van der Waals surface area contributed by atoms with Crippen LogP contribution in [0.5, 0.6) is 0 Å². The van der Waals surface area contributed by atoms with E-state index in [1.165, 1.54) is 43.2 Å². The topological polar surface area (TPSA) is 76.6 Å². The number of carbonyl (C=O) groups excluding carboxylic acids is 1. The van der Waals surface area contributed by atoms with Crippen molar-refractivity contribution in [2.24, 2.45) is 0 Å². The Bertz CT molecular complexity index is 1200. The molecule has 0 atom stereocenters. The maximum Gasteiger partial charge on any atom is 0.230 e. The molecule has 0 spiro atoms. The van der Waals surface area contributed by atoms with Crippen LogP contribution in [0.2, 0.25) is 0 Å². The standard InChI is InChI=1S/C21H21FN6OS/c22-15-8-6-14(7-9-15)17-12-18-20-24-25-21(27(20)10-11-28(18)26-17)30-13-19(29)23-16-4-2-1-3-5-16/h6-12,16H,1-5,13H2,(H,23,29). The molecule has 1 aromatic carbocycles. The highest BCUT2D eigenvalue weighted by atomic mass is 32.2. The van der Waals surface area contributed by atoms with Crippen LogP contribution in [-0.4, -0.2) is 41.9 Å². The number of carbonyl (C=O) groups is 1. The van der Waals surface area contributed by atoms with Gasteiger partial charge in [0.05, 0.1) is 11.4 Å². The summed E-state index contributed by atoms with van der Waals surface area (Å²) in [5.74, 6) is 0.0620. The molecule has 3 heterocycles. The number of nitrogens with one attached hydrogen (secondary N) is 1. The minimum Gasteiger partial charge on any atom is -0.353 e. The van der Waals surface area contributed by atoms with Crippen LogP contribution in [0.4, 0.5) is 4.39 Å². The molecule has 1 fully saturated rings. The largest absolute Gasteiger partial charge is 0.353 e. The summed E-state index contributed by atoms with van der Waals surface area (Å²) < 4.78 is 16.8. The van der Waals surface area contributed by atoms with E-state index >= 15 is 0 Å². The summed E-state index contributed by atoms with van der Waals surface area (Å²) in [6.45, 7) is 0. The van der Waals surface area contributed by atoms with Gasteiger partial charge in [0.1, 0.15) is 11.3 Å². The summed E-state index contributed by atoms with van der Waals surface area (Å²) in [7, 11) is 0. The minimum absolute atomic E-state index is 0.0349. The SMILES string of the molecule is O=C(CSc1nnc2c3cc(-c4ccc(F)cc4)nn3ccn12)NC1CCCCC1. The highest BCUT2D eigenvalue weighted by molar-refractivity contribution is 7.99. The smallest absolute Gasteiger partial charge is 0.230 e. The van der Waals surface area contributed by atoms with Gasteiger partial charge >= 0.3 is 0 Å². The van der Waals surface area contributed by atoms with Gasteiger partial charge in [-0.25, -0.2) is 8.91 Å². The van der Waals surface area contributed by atoms with Crippen LogP contribution in [-0.2, 0) is 4.79 Å². The lowest BCUT2D eigenvalue weighted by molar-refractivity contribution is -0.119. The number of amides is 1. The summed E-state index contributed by atoms with van der Waals surface area (Å²) in [6, 6.07) is 8.44. The molecule has 3 aromatic heterocycles. The average molecular weight is 425 g/mol. The van der Waals surface area contributed by atoms with Gasteiger partial charge in [0.15, 0.2) is 10.8 Å². The lowest BCUT2D eigenvalue weighted by atomic mass is 9.95. The zero-order valence-corrected chi connectivity index (χ0v) is 17.1. The van der Waals surface area contributed by atoms with Crippen LogP contribution in [0.25, 0.3) is 22.4 Å². The molecule has 1 aliphatic carbocycles. The number of benzene rings is 1. The third kappa shape index (κ3) is 3.77. The van der Waals surface area contributed by atoms with Crippen LogP contribution in [0.15, 0.2) is 47.9 Å². The first-order valence-corrected chi connectivity index (χ1v) is 11.1. The predicted molar refractivity (Wildman–Crippen MR) is 113 cm³/mol. The molecular weight excluding hydrogens is 403 g/mol. The Labute approximate surface area is 176 Å². The molecule has 1 saturated carbocycles. The summed E-state index contributed by atoms with van der Waals surface area (Å²) in [5.41, 5.74) is 3.01. The second-order valence-electron chi connectivity index (χ2n) is 7.53. The van der Waals surface area contributed by atoms with Gasteiger partial charge in [-0.05, 0) is 43.2 Å². The van der Waals surface area contributed by atoms with Crippen molar-refractivity contribution in [2.45, 2.75) is 43.3 Å². The van der Waals surface area contributed by atoms with E-state index < -0.39 is 0 Å². The molecule has 5 rings (SSSR count). The summed E-state index contributed by atoms with van der Waals surface area (Å²) in [5, 5.41) is 16.9. The van der Waals surface area contributed by atoms with Crippen molar-refractivity contribution in [3.8, 4) is 11.3 Å². The number of aromatic nitrogens is 5. The first kappa shape index (κ1) is 19.0. The number of rotatable bonds is 5. The number of hydrogen-bond acceptors (Lipinski definition) is 5. The quantitative estimate of drug-likeness (QED) is 0.494. The number of fused-ring (bicyclic) bond motifs is 3. The Morgan fingerprint density at radius 2 is 1.93 bits per heavy atom. The molecule has 7 nitrogen and oxygen atoms in total. The Balaban J connectivity index is 1.35. The fourth-order valence-corrected chi connectivity index (χ4v) is 4.63. The first-order valence-electron chi connectivity index (χ1n) is 10.1. The van der Waals surface area contributed by atoms with Crippen LogP contribution in [0.1, 0.15) is 32.1 Å². The van der Waals surface area contributed by atoms with E-state index in [1.54, 1.807) is 16.6 Å². The molecule has 0 radical (unpaired) electrons. The van der Waals surface area contributed by atoms with Gasteiger partial charge < -0.3 is 5.32 Å². The fourth-order valence-electron chi connectivity index (χ4n) is 3.90. The molecule has 4 aromatic rings. The van der Waals surface area contributed by atoms with Gasteiger partial charge in [-0.15, -0.1) is 10.2 Å². The van der Waals surface area contributed by atoms with Crippen molar-refractivity contribution in [3.05, 3.63) is 48.5 Å². The first-order chi connectivity index (χ1) is 14.7. The van der Waals surface area contributed by atoms with Crippen molar-refractivity contribution >= 4 is 28.8 Å². The molecule has 1 aliphatic rings. The highest BCUT2D eigenvalue weighted by Gasteiger charge is 2.17.